The van der Waals surface area contributed by atoms with Crippen LogP contribution in [0.25, 0.3) is 22.7 Å². The molecule has 0 aliphatic carbocycles. The first kappa shape index (κ1) is 25.8. The van der Waals surface area contributed by atoms with E-state index in [1.54, 1.807) is 36.5 Å². The first-order chi connectivity index (χ1) is 19.6. The van der Waals surface area contributed by atoms with E-state index in [-0.39, 0.29) is 40.6 Å². The summed E-state index contributed by atoms with van der Waals surface area (Å²) in [5, 5.41) is 2.91. The van der Waals surface area contributed by atoms with Gasteiger partial charge >= 0.3 is 12.2 Å². The van der Waals surface area contributed by atoms with Gasteiger partial charge in [0.05, 0.1) is 6.54 Å². The van der Waals surface area contributed by atoms with Gasteiger partial charge in [-0.1, -0.05) is 18.2 Å². The van der Waals surface area contributed by atoms with Crippen molar-refractivity contribution in [1.82, 2.24) is 28.9 Å². The van der Waals surface area contributed by atoms with E-state index in [1.165, 1.54) is 38.3 Å². The Morgan fingerprint density at radius 1 is 0.927 bits per heavy atom. The van der Waals surface area contributed by atoms with E-state index < -0.39 is 29.3 Å². The van der Waals surface area contributed by atoms with Crippen molar-refractivity contribution in [2.45, 2.75) is 18.8 Å². The zero-order chi connectivity index (χ0) is 28.9. The number of nitrogens with zero attached hydrogens (tertiary/aromatic N) is 6. The Kier molecular flexibility index (Phi) is 5.86. The normalized spacial score (nSPS) is 15.0. The summed E-state index contributed by atoms with van der Waals surface area (Å²) in [6.45, 7) is 3.78. The van der Waals surface area contributed by atoms with Gasteiger partial charge in [-0.25, -0.2) is 19.3 Å². The Morgan fingerprint density at radius 3 is 2.44 bits per heavy atom. The molecule has 0 radical (unpaired) electrons. The lowest BCUT2D eigenvalue weighted by atomic mass is 10.2. The fourth-order valence-electron chi connectivity index (χ4n) is 4.16. The molecule has 0 atom stereocenters. The Labute approximate surface area is 226 Å². The lowest BCUT2D eigenvalue weighted by Crippen LogP contribution is -2.52. The third-order valence-corrected chi connectivity index (χ3v) is 6.00. The van der Waals surface area contributed by atoms with E-state index in [2.05, 4.69) is 36.3 Å². The zero-order valence-corrected chi connectivity index (χ0v) is 20.7. The predicted octanol–water partition coefficient (Wildman–Crippen LogP) is 4.01. The van der Waals surface area contributed by atoms with Crippen LogP contribution in [0.15, 0.2) is 89.2 Å². The van der Waals surface area contributed by atoms with Gasteiger partial charge in [0.1, 0.15) is 11.2 Å². The molecule has 1 aromatic carbocycles. The lowest BCUT2D eigenvalue weighted by molar-refractivity contribution is -0.391. The molecule has 4 aromatic heterocycles. The summed E-state index contributed by atoms with van der Waals surface area (Å²) >= 11 is 0. The Balaban J connectivity index is 1.43. The number of pyridine rings is 2. The van der Waals surface area contributed by atoms with Crippen LogP contribution >= 0.6 is 0 Å². The van der Waals surface area contributed by atoms with Crippen molar-refractivity contribution in [2.24, 2.45) is 0 Å². The van der Waals surface area contributed by atoms with Gasteiger partial charge in [0.25, 0.3) is 11.1 Å². The van der Waals surface area contributed by atoms with Gasteiger partial charge in [-0.2, -0.15) is 22.5 Å². The average molecular weight is 567 g/mol. The van der Waals surface area contributed by atoms with Crippen LogP contribution in [0, 0.1) is 0 Å². The number of anilines is 2. The van der Waals surface area contributed by atoms with E-state index in [0.717, 1.165) is 12.1 Å². The maximum Gasteiger partial charge on any atom is 0.507 e. The number of aromatic nitrogens is 6. The smallest absolute Gasteiger partial charge is 0.421 e. The van der Waals surface area contributed by atoms with Crippen molar-refractivity contribution in [3.05, 3.63) is 100 Å². The molecule has 0 saturated heterocycles. The van der Waals surface area contributed by atoms with Crippen molar-refractivity contribution >= 4 is 22.7 Å². The SMILES string of the molecule is C=CCn1c(=O)c2cnc(Nc3ccc4c(c3)OC(F)(F)C(F)(F)O4)nc2n1-c1cccc(-n2ccccc2=O)n1. The molecule has 0 spiro atoms. The number of benzene rings is 1. The molecule has 0 saturated carbocycles. The molecule has 1 aliphatic rings. The highest BCUT2D eigenvalue weighted by atomic mass is 19.3. The minimum Gasteiger partial charge on any atom is -0.421 e. The maximum atomic E-state index is 13.7. The molecule has 0 amide bonds. The first-order valence-electron chi connectivity index (χ1n) is 11.9. The highest BCUT2D eigenvalue weighted by molar-refractivity contribution is 5.77. The predicted molar refractivity (Wildman–Crippen MR) is 138 cm³/mol. The maximum absolute atomic E-state index is 13.7. The molecule has 5 aromatic rings. The van der Waals surface area contributed by atoms with Gasteiger partial charge in [0, 0.05) is 30.2 Å². The molecule has 15 heteroatoms. The standard InChI is InChI=1S/C26H17F4N7O4/c1-2-11-36-23(39)16-14-31-24(32-15-9-10-17-18(13-15)41-26(29,30)25(27,28)40-17)34-22(16)37(36)20-7-5-6-19(33-20)35-12-4-3-8-21(35)38/h2-10,12-14H,1,11H2,(H,31,32,34). The largest absolute Gasteiger partial charge is 0.507 e. The van der Waals surface area contributed by atoms with Crippen molar-refractivity contribution in [1.29, 1.82) is 0 Å². The van der Waals surface area contributed by atoms with Gasteiger partial charge in [-0.05, 0) is 30.3 Å². The van der Waals surface area contributed by atoms with Gasteiger partial charge in [-0.15, -0.1) is 6.58 Å². The quantitative estimate of drug-likeness (QED) is 0.242. The molecule has 1 N–H and O–H groups in total. The molecule has 0 unspecified atom stereocenters. The van der Waals surface area contributed by atoms with Gasteiger partial charge in [0.15, 0.2) is 23.0 Å². The van der Waals surface area contributed by atoms with E-state index in [1.807, 2.05) is 0 Å². The molecular formula is C26H17F4N7O4. The second kappa shape index (κ2) is 9.32. The molecule has 5 heterocycles. The van der Waals surface area contributed by atoms with Crippen LogP contribution in [0.4, 0.5) is 29.2 Å². The summed E-state index contributed by atoms with van der Waals surface area (Å²) in [7, 11) is 0. The topological polar surface area (TPSA) is 118 Å². The van der Waals surface area contributed by atoms with Crippen molar-refractivity contribution < 1.29 is 27.0 Å². The highest BCUT2D eigenvalue weighted by Gasteiger charge is 2.65. The molecule has 0 bridgehead atoms. The second-order valence-electron chi connectivity index (χ2n) is 8.71. The van der Waals surface area contributed by atoms with Crippen molar-refractivity contribution in [3.8, 4) is 23.1 Å². The molecule has 1 aliphatic heterocycles. The van der Waals surface area contributed by atoms with Crippen LogP contribution in [0.2, 0.25) is 0 Å². The summed E-state index contributed by atoms with van der Waals surface area (Å²) in [5.41, 5.74) is -0.524. The number of fused-ring (bicyclic) bond motifs is 2. The number of hydrogen-bond donors (Lipinski definition) is 1. The van der Waals surface area contributed by atoms with E-state index in [0.29, 0.717) is 5.82 Å². The van der Waals surface area contributed by atoms with Crippen LogP contribution < -0.4 is 25.9 Å². The fraction of sp³-hybridized carbons (Fsp3) is 0.115. The number of allylic oxidation sites excluding steroid dienone is 1. The third kappa shape index (κ3) is 4.36. The number of rotatable bonds is 6. The third-order valence-electron chi connectivity index (χ3n) is 6.00. The Bertz CT molecular complexity index is 1950. The monoisotopic (exact) mass is 567 g/mol. The van der Waals surface area contributed by atoms with Crippen LogP contribution in [0.5, 0.6) is 11.5 Å². The molecule has 11 nitrogen and oxygen atoms in total. The van der Waals surface area contributed by atoms with Gasteiger partial charge < -0.3 is 14.8 Å². The molecule has 208 valence electrons. The van der Waals surface area contributed by atoms with Gasteiger partial charge in [0.2, 0.25) is 5.95 Å². The summed E-state index contributed by atoms with van der Waals surface area (Å²) < 4.78 is 66.6. The minimum atomic E-state index is -4.88. The molecule has 0 fully saturated rings. The van der Waals surface area contributed by atoms with Crippen molar-refractivity contribution in [3.63, 3.8) is 0 Å². The number of hydrogen-bond acceptors (Lipinski definition) is 8. The highest BCUT2D eigenvalue weighted by Crippen LogP contribution is 2.47. The van der Waals surface area contributed by atoms with Crippen LogP contribution in [0.1, 0.15) is 0 Å². The minimum absolute atomic E-state index is 0.0637. The number of halogens is 4. The molecule has 6 rings (SSSR count). The lowest BCUT2D eigenvalue weighted by Gasteiger charge is -2.31. The summed E-state index contributed by atoms with van der Waals surface area (Å²) in [6.07, 6.45) is -5.41. The summed E-state index contributed by atoms with van der Waals surface area (Å²) in [5.74, 6) is -0.732. The first-order valence-corrected chi connectivity index (χ1v) is 11.9. The summed E-state index contributed by atoms with van der Waals surface area (Å²) in [6, 6.07) is 12.8. The summed E-state index contributed by atoms with van der Waals surface area (Å²) in [4.78, 5) is 38.7. The zero-order valence-electron chi connectivity index (χ0n) is 20.7. The van der Waals surface area contributed by atoms with Gasteiger partial charge in [-0.3, -0.25) is 14.2 Å². The van der Waals surface area contributed by atoms with E-state index in [4.69, 9.17) is 0 Å². The van der Waals surface area contributed by atoms with E-state index in [9.17, 15) is 27.2 Å². The second-order valence-corrected chi connectivity index (χ2v) is 8.71. The van der Waals surface area contributed by atoms with E-state index >= 15 is 0 Å². The Hall–Kier alpha value is -5.47. The number of ether oxygens (including phenoxy) is 2. The number of nitrogens with one attached hydrogen (secondary N) is 1. The fourth-order valence-corrected chi connectivity index (χ4v) is 4.16. The Morgan fingerprint density at radius 2 is 1.68 bits per heavy atom. The van der Waals surface area contributed by atoms with Crippen LogP contribution in [0.3, 0.4) is 0 Å². The molecule has 41 heavy (non-hydrogen) atoms. The van der Waals surface area contributed by atoms with Crippen LogP contribution in [-0.2, 0) is 6.54 Å². The number of alkyl halides is 4. The molecular weight excluding hydrogens is 550 g/mol. The van der Waals surface area contributed by atoms with Crippen LogP contribution in [-0.4, -0.2) is 41.1 Å². The average Bonchev–Trinajstić information content (AvgIpc) is 3.20. The van der Waals surface area contributed by atoms with Crippen molar-refractivity contribution in [2.75, 3.05) is 5.32 Å².